The van der Waals surface area contributed by atoms with Gasteiger partial charge in [0, 0.05) is 17.8 Å². The molecular weight excluding hydrogens is 408 g/mol. The lowest BCUT2D eigenvalue weighted by molar-refractivity contribution is 0.128. The summed E-state index contributed by atoms with van der Waals surface area (Å²) in [4.78, 5) is 3.35. The molecule has 0 amide bonds. The van der Waals surface area contributed by atoms with Gasteiger partial charge in [0.05, 0.1) is 13.2 Å². The van der Waals surface area contributed by atoms with E-state index in [9.17, 15) is 0 Å². The van der Waals surface area contributed by atoms with Crippen LogP contribution in [0.25, 0.3) is 4.85 Å². The molecule has 0 aliphatic rings. The van der Waals surface area contributed by atoms with Crippen molar-refractivity contribution >= 4 is 35.6 Å². The first-order valence-corrected chi connectivity index (χ1v) is 7.85. The first-order valence-electron chi connectivity index (χ1n) is 6.77. The average molecular weight is 423 g/mol. The van der Waals surface area contributed by atoms with Crippen molar-refractivity contribution in [1.29, 1.82) is 0 Å². The van der Waals surface area contributed by atoms with Gasteiger partial charge in [0.25, 0.3) is 0 Å². The SMILES string of the molecule is [C-]#[N+]c1ccc(Oc2ccc(I)c(COB(OC)OC)c2)cc1. The second-order valence-corrected chi connectivity index (χ2v) is 5.69. The van der Waals surface area contributed by atoms with Crippen LogP contribution in [-0.2, 0) is 20.6 Å². The van der Waals surface area contributed by atoms with Crippen LogP contribution in [0.1, 0.15) is 5.56 Å². The fourth-order valence-electron chi connectivity index (χ4n) is 1.84. The van der Waals surface area contributed by atoms with Crippen LogP contribution in [0.2, 0.25) is 0 Å². The Kier molecular flexibility index (Phi) is 6.86. The molecule has 2 aromatic carbocycles. The van der Waals surface area contributed by atoms with Gasteiger partial charge in [-0.05, 0) is 58.5 Å². The summed E-state index contributed by atoms with van der Waals surface area (Å²) in [5.74, 6) is 1.38. The maximum absolute atomic E-state index is 6.95. The quantitative estimate of drug-likeness (QED) is 0.376. The van der Waals surface area contributed by atoms with Gasteiger partial charge in [-0.2, -0.15) is 0 Å². The van der Waals surface area contributed by atoms with Gasteiger partial charge in [-0.25, -0.2) is 4.85 Å². The van der Waals surface area contributed by atoms with E-state index < -0.39 is 7.32 Å². The van der Waals surface area contributed by atoms with E-state index in [2.05, 4.69) is 27.4 Å². The zero-order valence-corrected chi connectivity index (χ0v) is 14.9. The first kappa shape index (κ1) is 17.8. The summed E-state index contributed by atoms with van der Waals surface area (Å²) in [7, 11) is 2.34. The van der Waals surface area contributed by atoms with E-state index in [1.165, 1.54) is 14.2 Å². The number of hydrogen-bond acceptors (Lipinski definition) is 4. The maximum Gasteiger partial charge on any atom is 0.639 e. The van der Waals surface area contributed by atoms with Crippen LogP contribution < -0.4 is 4.74 Å². The third-order valence-electron chi connectivity index (χ3n) is 2.98. The largest absolute Gasteiger partial charge is 0.639 e. The normalized spacial score (nSPS) is 10.2. The molecule has 2 rings (SSSR count). The Hall–Kier alpha value is -1.60. The summed E-state index contributed by atoms with van der Waals surface area (Å²) >= 11 is 2.24. The third-order valence-corrected chi connectivity index (χ3v) is 4.03. The zero-order chi connectivity index (χ0) is 16.7. The Labute approximate surface area is 149 Å². The van der Waals surface area contributed by atoms with E-state index in [1.54, 1.807) is 24.3 Å². The lowest BCUT2D eigenvalue weighted by atomic mass is 10.2. The molecule has 0 N–H and O–H groups in total. The van der Waals surface area contributed by atoms with Gasteiger partial charge < -0.3 is 18.7 Å². The van der Waals surface area contributed by atoms with Gasteiger partial charge in [0.15, 0.2) is 5.69 Å². The van der Waals surface area contributed by atoms with E-state index in [0.717, 1.165) is 9.13 Å². The van der Waals surface area contributed by atoms with Crippen molar-refractivity contribution in [3.05, 3.63) is 63.0 Å². The minimum atomic E-state index is -0.698. The fourth-order valence-corrected chi connectivity index (χ4v) is 2.33. The van der Waals surface area contributed by atoms with Gasteiger partial charge >= 0.3 is 7.32 Å². The summed E-state index contributed by atoms with van der Waals surface area (Å²) in [5, 5.41) is 0. The van der Waals surface area contributed by atoms with Gasteiger partial charge in [-0.3, -0.25) is 0 Å². The van der Waals surface area contributed by atoms with Crippen LogP contribution >= 0.6 is 22.6 Å². The van der Waals surface area contributed by atoms with E-state index in [1.807, 2.05) is 18.2 Å². The van der Waals surface area contributed by atoms with Crippen LogP contribution in [0.5, 0.6) is 11.5 Å². The summed E-state index contributed by atoms with van der Waals surface area (Å²) < 4.78 is 22.4. The van der Waals surface area contributed by atoms with Gasteiger partial charge in [0.1, 0.15) is 11.5 Å². The molecule has 0 aliphatic heterocycles. The summed E-state index contributed by atoms with van der Waals surface area (Å²) in [6.07, 6.45) is 0. The number of benzene rings is 2. The Morgan fingerprint density at radius 1 is 1.04 bits per heavy atom. The van der Waals surface area contributed by atoms with Gasteiger partial charge in [0.2, 0.25) is 0 Å². The van der Waals surface area contributed by atoms with Crippen LogP contribution in [0.3, 0.4) is 0 Å². The maximum atomic E-state index is 6.95. The monoisotopic (exact) mass is 423 g/mol. The van der Waals surface area contributed by atoms with Crippen LogP contribution in [0, 0.1) is 10.1 Å². The topological polar surface area (TPSA) is 41.3 Å². The van der Waals surface area contributed by atoms with Crippen LogP contribution in [0.15, 0.2) is 42.5 Å². The molecule has 118 valence electrons. The highest BCUT2D eigenvalue weighted by atomic mass is 127. The number of hydrogen-bond donors (Lipinski definition) is 0. The van der Waals surface area contributed by atoms with Crippen molar-refractivity contribution in [2.24, 2.45) is 0 Å². The highest BCUT2D eigenvalue weighted by molar-refractivity contribution is 14.1. The van der Waals surface area contributed by atoms with Crippen LogP contribution in [0.4, 0.5) is 5.69 Å². The minimum absolute atomic E-state index is 0.346. The molecule has 5 nitrogen and oxygen atoms in total. The third kappa shape index (κ3) is 5.22. The second-order valence-electron chi connectivity index (χ2n) is 4.53. The highest BCUT2D eigenvalue weighted by Gasteiger charge is 2.17. The molecule has 0 spiro atoms. The lowest BCUT2D eigenvalue weighted by Gasteiger charge is -2.12. The predicted molar refractivity (Wildman–Crippen MR) is 96.5 cm³/mol. The molecule has 0 saturated carbocycles. The Bertz CT molecular complexity index is 683. The van der Waals surface area contributed by atoms with Crippen molar-refractivity contribution in [2.75, 3.05) is 14.2 Å². The number of halogens is 1. The molecule has 0 atom stereocenters. The molecule has 0 bridgehead atoms. The Balaban J connectivity index is 2.08. The second kappa shape index (κ2) is 8.89. The molecule has 0 radical (unpaired) electrons. The van der Waals surface area contributed by atoms with Gasteiger partial charge in [-0.1, -0.05) is 12.1 Å². The summed E-state index contributed by atoms with van der Waals surface area (Å²) in [6.45, 7) is 7.29. The molecule has 0 fully saturated rings. The highest BCUT2D eigenvalue weighted by Crippen LogP contribution is 2.27. The van der Waals surface area contributed by atoms with Crippen molar-refractivity contribution in [3.8, 4) is 11.5 Å². The molecule has 7 heteroatoms. The fraction of sp³-hybridized carbons (Fsp3) is 0.188. The first-order chi connectivity index (χ1) is 11.2. The van der Waals surface area contributed by atoms with Crippen LogP contribution in [-0.4, -0.2) is 21.5 Å². The van der Waals surface area contributed by atoms with Gasteiger partial charge in [-0.15, -0.1) is 0 Å². The van der Waals surface area contributed by atoms with E-state index >= 15 is 0 Å². The van der Waals surface area contributed by atoms with E-state index in [0.29, 0.717) is 23.8 Å². The number of ether oxygens (including phenoxy) is 1. The summed E-state index contributed by atoms with van der Waals surface area (Å²) in [6, 6.07) is 12.7. The smallest absolute Gasteiger partial charge is 0.457 e. The Morgan fingerprint density at radius 3 is 2.30 bits per heavy atom. The van der Waals surface area contributed by atoms with Crippen molar-refractivity contribution < 1.29 is 18.7 Å². The minimum Gasteiger partial charge on any atom is -0.457 e. The molecule has 2 aromatic rings. The number of nitrogens with zero attached hydrogens (tertiary/aromatic N) is 1. The molecule has 0 aliphatic carbocycles. The van der Waals surface area contributed by atoms with E-state index in [-0.39, 0.29) is 0 Å². The lowest BCUT2D eigenvalue weighted by Crippen LogP contribution is -2.23. The predicted octanol–water partition coefficient (Wildman–Crippen LogP) is 4.43. The molecule has 0 aromatic heterocycles. The van der Waals surface area contributed by atoms with Crippen molar-refractivity contribution in [2.45, 2.75) is 6.61 Å². The molecular formula is C16H15BINO4. The molecule has 0 unspecified atom stereocenters. The molecule has 0 heterocycles. The summed E-state index contributed by atoms with van der Waals surface area (Å²) in [5.41, 5.74) is 1.55. The van der Waals surface area contributed by atoms with Crippen molar-refractivity contribution in [1.82, 2.24) is 0 Å². The zero-order valence-electron chi connectivity index (χ0n) is 12.8. The van der Waals surface area contributed by atoms with Crippen molar-refractivity contribution in [3.63, 3.8) is 0 Å². The standard InChI is InChI=1S/C16H15BINO4/c1-19-13-4-6-14(7-5-13)23-15-8-9-16(18)12(10-15)11-22-17(20-2)21-3/h4-10H,11H2,2-3H3. The number of rotatable bonds is 7. The van der Waals surface area contributed by atoms with E-state index in [4.69, 9.17) is 25.3 Å². The molecule has 0 saturated heterocycles. The average Bonchev–Trinajstić information content (AvgIpc) is 2.59. The Morgan fingerprint density at radius 2 is 1.70 bits per heavy atom. The molecule has 23 heavy (non-hydrogen) atoms.